The van der Waals surface area contributed by atoms with Crippen molar-refractivity contribution in [2.24, 2.45) is 5.92 Å². The first-order valence-corrected chi connectivity index (χ1v) is 5.00. The molecular formula is C11H16O2. The number of fused-ring (bicyclic) bond motifs is 2. The monoisotopic (exact) mass is 180 g/mol. The molecule has 2 nitrogen and oxygen atoms in total. The summed E-state index contributed by atoms with van der Waals surface area (Å²) in [5, 5.41) is 0. The molecule has 0 unspecified atom stereocenters. The molecule has 2 rings (SSSR count). The highest BCUT2D eigenvalue weighted by atomic mass is 16.6. The topological polar surface area (TPSA) is 26.3 Å². The van der Waals surface area contributed by atoms with Crippen LogP contribution in [-0.4, -0.2) is 11.6 Å². The van der Waals surface area contributed by atoms with Gasteiger partial charge in [0.15, 0.2) is 0 Å². The fraction of sp³-hybridized carbons (Fsp3) is 0.727. The summed E-state index contributed by atoms with van der Waals surface area (Å²) in [5.41, 5.74) is 0.422. The molecule has 0 aliphatic heterocycles. The van der Waals surface area contributed by atoms with Gasteiger partial charge in [-0.05, 0) is 44.9 Å². The Labute approximate surface area is 79.0 Å². The lowest BCUT2D eigenvalue weighted by atomic mass is 9.97. The zero-order valence-electron chi connectivity index (χ0n) is 8.14. The number of hydrogen-bond donors (Lipinski definition) is 0. The molecule has 2 aliphatic carbocycles. The number of rotatable bonds is 2. The van der Waals surface area contributed by atoms with Crippen molar-refractivity contribution in [2.75, 3.05) is 0 Å². The van der Waals surface area contributed by atoms with Crippen LogP contribution in [0.25, 0.3) is 0 Å². The standard InChI is InChI=1S/C11H16O2/c1-8(2)10(12)13-11-5-3-9(7-11)4-6-11/h9H,1,3-7H2,2H3. The molecule has 2 aliphatic rings. The van der Waals surface area contributed by atoms with Crippen molar-refractivity contribution in [1.29, 1.82) is 0 Å². The Morgan fingerprint density at radius 1 is 1.46 bits per heavy atom. The molecular weight excluding hydrogens is 164 g/mol. The van der Waals surface area contributed by atoms with E-state index in [1.165, 1.54) is 12.8 Å². The van der Waals surface area contributed by atoms with Crippen LogP contribution in [0.3, 0.4) is 0 Å². The molecule has 0 atom stereocenters. The van der Waals surface area contributed by atoms with Crippen LogP contribution in [0.4, 0.5) is 0 Å². The van der Waals surface area contributed by atoms with E-state index in [0.717, 1.165) is 25.2 Å². The highest BCUT2D eigenvalue weighted by molar-refractivity contribution is 5.87. The molecule has 0 radical (unpaired) electrons. The molecule has 0 spiro atoms. The highest BCUT2D eigenvalue weighted by Crippen LogP contribution is 2.50. The molecule has 2 saturated carbocycles. The van der Waals surface area contributed by atoms with Crippen molar-refractivity contribution in [3.63, 3.8) is 0 Å². The molecule has 0 aromatic rings. The second-order valence-corrected chi connectivity index (χ2v) is 4.50. The van der Waals surface area contributed by atoms with Crippen LogP contribution in [0.1, 0.15) is 39.0 Å². The van der Waals surface area contributed by atoms with Crippen LogP contribution >= 0.6 is 0 Å². The lowest BCUT2D eigenvalue weighted by Gasteiger charge is -2.26. The minimum atomic E-state index is -0.206. The van der Waals surface area contributed by atoms with Gasteiger partial charge in [0.1, 0.15) is 5.60 Å². The van der Waals surface area contributed by atoms with Crippen molar-refractivity contribution in [3.05, 3.63) is 12.2 Å². The summed E-state index contributed by atoms with van der Waals surface area (Å²) >= 11 is 0. The Hall–Kier alpha value is -0.790. The summed E-state index contributed by atoms with van der Waals surface area (Å²) in [6.45, 7) is 5.31. The van der Waals surface area contributed by atoms with E-state index in [-0.39, 0.29) is 11.6 Å². The molecule has 2 heteroatoms. The first-order valence-electron chi connectivity index (χ1n) is 5.00. The van der Waals surface area contributed by atoms with Gasteiger partial charge in [0.05, 0.1) is 0 Å². The third kappa shape index (κ3) is 1.50. The zero-order valence-corrected chi connectivity index (χ0v) is 8.14. The van der Waals surface area contributed by atoms with E-state index in [1.54, 1.807) is 6.92 Å². The van der Waals surface area contributed by atoms with Crippen molar-refractivity contribution in [1.82, 2.24) is 0 Å². The van der Waals surface area contributed by atoms with Crippen LogP contribution in [0.2, 0.25) is 0 Å². The maximum Gasteiger partial charge on any atom is 0.333 e. The summed E-state index contributed by atoms with van der Waals surface area (Å²) in [6.07, 6.45) is 5.70. The average molecular weight is 180 g/mol. The van der Waals surface area contributed by atoms with E-state index < -0.39 is 0 Å². The van der Waals surface area contributed by atoms with E-state index in [4.69, 9.17) is 4.74 Å². The number of esters is 1. The van der Waals surface area contributed by atoms with Crippen LogP contribution in [-0.2, 0) is 9.53 Å². The molecule has 13 heavy (non-hydrogen) atoms. The molecule has 0 aromatic carbocycles. The Balaban J connectivity index is 2.01. The fourth-order valence-corrected chi connectivity index (χ4v) is 2.57. The van der Waals surface area contributed by atoms with E-state index in [9.17, 15) is 4.79 Å². The normalized spacial score (nSPS) is 36.2. The van der Waals surface area contributed by atoms with E-state index in [2.05, 4.69) is 6.58 Å². The molecule has 2 bridgehead atoms. The largest absolute Gasteiger partial charge is 0.456 e. The molecule has 0 N–H and O–H groups in total. The molecule has 2 fully saturated rings. The van der Waals surface area contributed by atoms with Crippen LogP contribution in [0.5, 0.6) is 0 Å². The first-order chi connectivity index (χ1) is 6.11. The molecule has 72 valence electrons. The van der Waals surface area contributed by atoms with E-state index >= 15 is 0 Å². The van der Waals surface area contributed by atoms with Gasteiger partial charge < -0.3 is 4.74 Å². The summed E-state index contributed by atoms with van der Waals surface area (Å²) in [6, 6.07) is 0. The fourth-order valence-electron chi connectivity index (χ4n) is 2.57. The second-order valence-electron chi connectivity index (χ2n) is 4.50. The summed E-state index contributed by atoms with van der Waals surface area (Å²) in [5.74, 6) is 0.612. The van der Waals surface area contributed by atoms with Gasteiger partial charge in [-0.2, -0.15) is 0 Å². The molecule has 0 aromatic heterocycles. The number of ether oxygens (including phenoxy) is 1. The SMILES string of the molecule is C=C(C)C(=O)OC12CCC(CC1)C2. The molecule has 0 amide bonds. The molecule has 0 heterocycles. The lowest BCUT2D eigenvalue weighted by Crippen LogP contribution is -2.30. The Kier molecular flexibility index (Phi) is 1.94. The van der Waals surface area contributed by atoms with Gasteiger partial charge in [-0.1, -0.05) is 6.58 Å². The maximum atomic E-state index is 11.4. The van der Waals surface area contributed by atoms with Crippen LogP contribution < -0.4 is 0 Å². The number of carbonyl (C=O) groups is 1. The maximum absolute atomic E-state index is 11.4. The minimum absolute atomic E-state index is 0.0965. The van der Waals surface area contributed by atoms with Crippen molar-refractivity contribution in [3.8, 4) is 0 Å². The quantitative estimate of drug-likeness (QED) is 0.482. The number of carbonyl (C=O) groups excluding carboxylic acids is 1. The van der Waals surface area contributed by atoms with Crippen LogP contribution in [0.15, 0.2) is 12.2 Å². The summed E-state index contributed by atoms with van der Waals surface area (Å²) < 4.78 is 5.51. The third-order valence-corrected chi connectivity index (χ3v) is 3.33. The predicted molar refractivity (Wildman–Crippen MR) is 50.2 cm³/mol. The third-order valence-electron chi connectivity index (χ3n) is 3.33. The van der Waals surface area contributed by atoms with Gasteiger partial charge in [0.25, 0.3) is 0 Å². The highest BCUT2D eigenvalue weighted by Gasteiger charge is 2.47. The second kappa shape index (κ2) is 2.86. The van der Waals surface area contributed by atoms with E-state index in [1.807, 2.05) is 0 Å². The van der Waals surface area contributed by atoms with Gasteiger partial charge >= 0.3 is 5.97 Å². The Morgan fingerprint density at radius 3 is 2.46 bits per heavy atom. The van der Waals surface area contributed by atoms with Gasteiger partial charge in [-0.25, -0.2) is 4.79 Å². The van der Waals surface area contributed by atoms with Gasteiger partial charge in [0, 0.05) is 5.57 Å². The van der Waals surface area contributed by atoms with Gasteiger partial charge in [-0.15, -0.1) is 0 Å². The van der Waals surface area contributed by atoms with Crippen molar-refractivity contribution in [2.45, 2.75) is 44.6 Å². The average Bonchev–Trinajstić information content (AvgIpc) is 2.62. The smallest absolute Gasteiger partial charge is 0.333 e. The Morgan fingerprint density at radius 2 is 2.08 bits per heavy atom. The molecule has 0 saturated heterocycles. The van der Waals surface area contributed by atoms with Crippen LogP contribution in [0, 0.1) is 5.92 Å². The lowest BCUT2D eigenvalue weighted by molar-refractivity contribution is -0.153. The minimum Gasteiger partial charge on any atom is -0.456 e. The first kappa shape index (κ1) is 8.79. The Bertz CT molecular complexity index is 247. The van der Waals surface area contributed by atoms with Crippen molar-refractivity contribution < 1.29 is 9.53 Å². The van der Waals surface area contributed by atoms with E-state index in [0.29, 0.717) is 5.57 Å². The van der Waals surface area contributed by atoms with Crippen molar-refractivity contribution >= 4 is 5.97 Å². The van der Waals surface area contributed by atoms with Gasteiger partial charge in [0.2, 0.25) is 0 Å². The summed E-state index contributed by atoms with van der Waals surface area (Å²) in [4.78, 5) is 11.4. The van der Waals surface area contributed by atoms with Gasteiger partial charge in [-0.3, -0.25) is 0 Å². The zero-order chi connectivity index (χ0) is 9.47. The summed E-state index contributed by atoms with van der Waals surface area (Å²) in [7, 11) is 0. The predicted octanol–water partition coefficient (Wildman–Crippen LogP) is 2.44. The number of hydrogen-bond acceptors (Lipinski definition) is 2.